The van der Waals surface area contributed by atoms with Crippen LogP contribution in [0.3, 0.4) is 0 Å². The summed E-state index contributed by atoms with van der Waals surface area (Å²) < 4.78 is 7.35. The zero-order chi connectivity index (χ0) is 21.1. The van der Waals surface area contributed by atoms with Gasteiger partial charge in [0.15, 0.2) is 11.4 Å². The normalized spacial score (nSPS) is 14.5. The average molecular weight is 462 g/mol. The second kappa shape index (κ2) is 9.33. The first-order valence-electron chi connectivity index (χ1n) is 9.65. The molecule has 3 aromatic rings. The first-order chi connectivity index (χ1) is 14.6. The minimum absolute atomic E-state index is 0.146. The van der Waals surface area contributed by atoms with E-state index in [1.165, 1.54) is 0 Å². The highest BCUT2D eigenvalue weighted by Crippen LogP contribution is 2.37. The molecule has 8 heteroatoms. The number of carbonyl (C=O) groups excluding carboxylic acids is 1. The molecule has 0 bridgehead atoms. The number of carbonyl (C=O) groups is 1. The molecular formula is C22H21Cl2N3O2S. The van der Waals surface area contributed by atoms with Crippen molar-refractivity contribution in [3.05, 3.63) is 64.3 Å². The Labute approximate surface area is 189 Å². The maximum atomic E-state index is 13.1. The van der Waals surface area contributed by atoms with Gasteiger partial charge in [-0.1, -0.05) is 47.5 Å². The third-order valence-electron chi connectivity index (χ3n) is 5.02. The predicted molar refractivity (Wildman–Crippen MR) is 123 cm³/mol. The van der Waals surface area contributed by atoms with Gasteiger partial charge in [-0.05, 0) is 48.6 Å². The number of halogens is 2. The summed E-state index contributed by atoms with van der Waals surface area (Å²) in [6, 6.07) is 14.8. The molecule has 5 nitrogen and oxygen atoms in total. The Morgan fingerprint density at radius 3 is 2.50 bits per heavy atom. The van der Waals surface area contributed by atoms with E-state index in [2.05, 4.69) is 10.4 Å². The molecule has 0 unspecified atom stereocenters. The lowest BCUT2D eigenvalue weighted by Crippen LogP contribution is -2.37. The van der Waals surface area contributed by atoms with Crippen LogP contribution in [0.1, 0.15) is 23.3 Å². The van der Waals surface area contributed by atoms with Gasteiger partial charge in [0.1, 0.15) is 5.69 Å². The summed E-state index contributed by atoms with van der Waals surface area (Å²) in [6.07, 6.45) is 1.90. The topological polar surface area (TPSA) is 56.1 Å². The Bertz CT molecular complexity index is 1050. The van der Waals surface area contributed by atoms with E-state index in [0.29, 0.717) is 27.2 Å². The molecule has 0 saturated carbocycles. The molecule has 1 aliphatic rings. The molecule has 2 heterocycles. The van der Waals surface area contributed by atoms with E-state index in [1.807, 2.05) is 42.1 Å². The number of thioether (sulfide) groups is 1. The van der Waals surface area contributed by atoms with Crippen molar-refractivity contribution in [2.24, 2.45) is 0 Å². The van der Waals surface area contributed by atoms with Gasteiger partial charge in [-0.2, -0.15) is 16.9 Å². The summed E-state index contributed by atoms with van der Waals surface area (Å²) in [7, 11) is 1.54. The summed E-state index contributed by atoms with van der Waals surface area (Å²) in [5.74, 6) is 2.25. The first-order valence-corrected chi connectivity index (χ1v) is 11.6. The van der Waals surface area contributed by atoms with Gasteiger partial charge in [-0.3, -0.25) is 4.79 Å². The molecule has 1 fully saturated rings. The predicted octanol–water partition coefficient (Wildman–Crippen LogP) is 5.48. The molecule has 1 N–H and O–H groups in total. The summed E-state index contributed by atoms with van der Waals surface area (Å²) in [4.78, 5) is 13.1. The molecular weight excluding hydrogens is 441 g/mol. The highest BCUT2D eigenvalue weighted by atomic mass is 35.5. The van der Waals surface area contributed by atoms with Gasteiger partial charge in [-0.15, -0.1) is 0 Å². The molecule has 30 heavy (non-hydrogen) atoms. The van der Waals surface area contributed by atoms with Crippen molar-refractivity contribution in [2.75, 3.05) is 18.6 Å². The van der Waals surface area contributed by atoms with Crippen LogP contribution in [0.2, 0.25) is 10.0 Å². The minimum atomic E-state index is -0.246. The van der Waals surface area contributed by atoms with Crippen LogP contribution in [0.5, 0.6) is 5.75 Å². The van der Waals surface area contributed by atoms with Crippen LogP contribution >= 0.6 is 35.0 Å². The first kappa shape index (κ1) is 21.1. The number of nitrogens with one attached hydrogen (secondary N) is 1. The molecule has 1 aromatic heterocycles. The van der Waals surface area contributed by atoms with Gasteiger partial charge >= 0.3 is 0 Å². The lowest BCUT2D eigenvalue weighted by atomic mass is 10.1. The van der Waals surface area contributed by atoms with Crippen LogP contribution in [0.25, 0.3) is 16.9 Å². The van der Waals surface area contributed by atoms with Crippen molar-refractivity contribution < 1.29 is 9.53 Å². The third-order valence-corrected chi connectivity index (χ3v) is 6.64. The van der Waals surface area contributed by atoms with Gasteiger partial charge in [0, 0.05) is 16.6 Å². The Morgan fingerprint density at radius 1 is 1.13 bits per heavy atom. The maximum Gasteiger partial charge on any atom is 0.275 e. The minimum Gasteiger partial charge on any atom is -0.492 e. The number of hydrogen-bond donors (Lipinski definition) is 1. The lowest BCUT2D eigenvalue weighted by molar-refractivity contribution is 0.0926. The molecule has 0 aliphatic carbocycles. The van der Waals surface area contributed by atoms with E-state index in [1.54, 1.807) is 30.0 Å². The molecule has 4 rings (SSSR count). The van der Waals surface area contributed by atoms with Crippen LogP contribution in [-0.4, -0.2) is 40.3 Å². The largest absolute Gasteiger partial charge is 0.492 e. The Balaban J connectivity index is 1.83. The standard InChI is InChI=1S/C22H21Cl2N3O2S/c1-29-21-19(22(28)25-16-10-12-30-13-11-16)26-27(18-5-3-2-4-17(18)24)20(21)14-6-8-15(23)9-7-14/h2-9,16H,10-13H2,1H3,(H,25,28). The number of methoxy groups -OCH3 is 1. The number of aromatic nitrogens is 2. The number of benzene rings is 2. The fourth-order valence-electron chi connectivity index (χ4n) is 3.50. The monoisotopic (exact) mass is 461 g/mol. The number of amides is 1. The molecule has 1 aliphatic heterocycles. The Hall–Kier alpha value is -2.15. The second-order valence-electron chi connectivity index (χ2n) is 6.96. The van der Waals surface area contributed by atoms with E-state index in [4.69, 9.17) is 27.9 Å². The summed E-state index contributed by atoms with van der Waals surface area (Å²) in [6.45, 7) is 0. The fourth-order valence-corrected chi connectivity index (χ4v) is 4.95. The molecule has 2 aromatic carbocycles. The number of para-hydroxylation sites is 1. The van der Waals surface area contributed by atoms with Crippen LogP contribution < -0.4 is 10.1 Å². The van der Waals surface area contributed by atoms with E-state index < -0.39 is 0 Å². The molecule has 1 amide bonds. The van der Waals surface area contributed by atoms with E-state index in [-0.39, 0.29) is 17.6 Å². The Kier molecular flexibility index (Phi) is 6.56. The van der Waals surface area contributed by atoms with Gasteiger partial charge in [0.05, 0.1) is 17.8 Å². The van der Waals surface area contributed by atoms with Gasteiger partial charge in [0.2, 0.25) is 0 Å². The average Bonchev–Trinajstić information content (AvgIpc) is 3.15. The SMILES string of the molecule is COc1c(C(=O)NC2CCSCC2)nn(-c2ccccc2Cl)c1-c1ccc(Cl)cc1. The van der Waals surface area contributed by atoms with Gasteiger partial charge < -0.3 is 10.1 Å². The molecule has 0 atom stereocenters. The molecule has 0 spiro atoms. The number of ether oxygens (including phenoxy) is 1. The van der Waals surface area contributed by atoms with Crippen molar-refractivity contribution in [2.45, 2.75) is 18.9 Å². The van der Waals surface area contributed by atoms with E-state index >= 15 is 0 Å². The van der Waals surface area contributed by atoms with Gasteiger partial charge in [0.25, 0.3) is 5.91 Å². The fraction of sp³-hybridized carbons (Fsp3) is 0.273. The van der Waals surface area contributed by atoms with E-state index in [0.717, 1.165) is 29.9 Å². The molecule has 156 valence electrons. The van der Waals surface area contributed by atoms with Crippen LogP contribution in [-0.2, 0) is 0 Å². The summed E-state index contributed by atoms with van der Waals surface area (Å²) >= 11 is 14.4. The Morgan fingerprint density at radius 2 is 1.83 bits per heavy atom. The quantitative estimate of drug-likeness (QED) is 0.546. The molecule has 1 saturated heterocycles. The van der Waals surface area contributed by atoms with Crippen LogP contribution in [0, 0.1) is 0 Å². The second-order valence-corrected chi connectivity index (χ2v) is 9.03. The number of hydrogen-bond acceptors (Lipinski definition) is 4. The van der Waals surface area contributed by atoms with Crippen molar-refractivity contribution in [1.82, 2.24) is 15.1 Å². The number of rotatable bonds is 5. The van der Waals surface area contributed by atoms with Crippen molar-refractivity contribution in [3.8, 4) is 22.7 Å². The lowest BCUT2D eigenvalue weighted by Gasteiger charge is -2.22. The highest BCUT2D eigenvalue weighted by Gasteiger charge is 2.28. The van der Waals surface area contributed by atoms with Crippen molar-refractivity contribution in [3.63, 3.8) is 0 Å². The highest BCUT2D eigenvalue weighted by molar-refractivity contribution is 7.99. The van der Waals surface area contributed by atoms with E-state index in [9.17, 15) is 4.79 Å². The zero-order valence-electron chi connectivity index (χ0n) is 16.4. The van der Waals surface area contributed by atoms with Crippen molar-refractivity contribution >= 4 is 40.9 Å². The smallest absolute Gasteiger partial charge is 0.275 e. The zero-order valence-corrected chi connectivity index (χ0v) is 18.7. The third kappa shape index (κ3) is 4.31. The summed E-state index contributed by atoms with van der Waals surface area (Å²) in [5, 5.41) is 8.89. The van der Waals surface area contributed by atoms with Gasteiger partial charge in [-0.25, -0.2) is 4.68 Å². The van der Waals surface area contributed by atoms with Crippen LogP contribution in [0.4, 0.5) is 0 Å². The summed E-state index contributed by atoms with van der Waals surface area (Å²) in [5.41, 5.74) is 2.36. The maximum absolute atomic E-state index is 13.1. The van der Waals surface area contributed by atoms with Crippen molar-refractivity contribution in [1.29, 1.82) is 0 Å². The molecule has 0 radical (unpaired) electrons. The number of nitrogens with zero attached hydrogens (tertiary/aromatic N) is 2. The van der Waals surface area contributed by atoms with Crippen LogP contribution in [0.15, 0.2) is 48.5 Å².